The van der Waals surface area contributed by atoms with E-state index in [0.717, 1.165) is 19.3 Å². The average Bonchev–Trinajstić information content (AvgIpc) is 2.93. The average molecular weight is 309 g/mol. The molecule has 2 unspecified atom stereocenters. The lowest BCUT2D eigenvalue weighted by molar-refractivity contribution is -0.384. The van der Waals surface area contributed by atoms with E-state index in [0.29, 0.717) is 16.5 Å². The maximum absolute atomic E-state index is 12.4. The second-order valence-corrected chi connectivity index (χ2v) is 6.10. The second kappa shape index (κ2) is 6.80. The summed E-state index contributed by atoms with van der Waals surface area (Å²) in [5.41, 5.74) is 0.835. The van der Waals surface area contributed by atoms with Gasteiger partial charge in [0.25, 0.3) is 11.6 Å². The van der Waals surface area contributed by atoms with Crippen LogP contribution in [0.3, 0.4) is 0 Å². The van der Waals surface area contributed by atoms with Crippen LogP contribution in [0.5, 0.6) is 0 Å². The highest BCUT2D eigenvalue weighted by Gasteiger charge is 2.29. The summed E-state index contributed by atoms with van der Waals surface area (Å²) in [5, 5.41) is 17.2. The van der Waals surface area contributed by atoms with Gasteiger partial charge in [-0.05, 0) is 25.2 Å². The van der Waals surface area contributed by atoms with Crippen molar-refractivity contribution in [2.45, 2.75) is 30.6 Å². The van der Waals surface area contributed by atoms with Gasteiger partial charge < -0.3 is 10.6 Å². The summed E-state index contributed by atoms with van der Waals surface area (Å²) < 4.78 is 0. The Bertz CT molecular complexity index is 550. The zero-order valence-corrected chi connectivity index (χ0v) is 12.9. The van der Waals surface area contributed by atoms with Crippen molar-refractivity contribution in [3.05, 3.63) is 33.9 Å². The van der Waals surface area contributed by atoms with Gasteiger partial charge in [0.15, 0.2) is 0 Å². The Hall–Kier alpha value is -1.76. The molecule has 2 atom stereocenters. The predicted octanol–water partition coefficient (Wildman–Crippen LogP) is 2.65. The molecule has 1 aromatic rings. The summed E-state index contributed by atoms with van der Waals surface area (Å²) in [6.45, 7) is 0. The number of carbonyl (C=O) groups excluding carboxylic acids is 1. The fourth-order valence-electron chi connectivity index (χ4n) is 2.67. The van der Waals surface area contributed by atoms with Crippen molar-refractivity contribution < 1.29 is 9.72 Å². The van der Waals surface area contributed by atoms with Crippen molar-refractivity contribution in [2.24, 2.45) is 0 Å². The van der Waals surface area contributed by atoms with E-state index in [1.807, 2.05) is 6.26 Å². The molecule has 2 N–H and O–H groups in total. The molecule has 1 amide bonds. The van der Waals surface area contributed by atoms with E-state index in [1.165, 1.54) is 12.1 Å². The van der Waals surface area contributed by atoms with E-state index in [2.05, 4.69) is 10.6 Å². The maximum Gasteiger partial charge on any atom is 0.270 e. The van der Waals surface area contributed by atoms with Crippen LogP contribution < -0.4 is 10.6 Å². The van der Waals surface area contributed by atoms with E-state index < -0.39 is 4.92 Å². The van der Waals surface area contributed by atoms with Crippen molar-refractivity contribution in [2.75, 3.05) is 18.6 Å². The number of amides is 1. The molecule has 2 rings (SSSR count). The van der Waals surface area contributed by atoms with Crippen molar-refractivity contribution in [1.29, 1.82) is 0 Å². The normalized spacial score (nSPS) is 21.0. The van der Waals surface area contributed by atoms with E-state index in [-0.39, 0.29) is 17.6 Å². The molecule has 0 heterocycles. The van der Waals surface area contributed by atoms with Crippen LogP contribution in [0.25, 0.3) is 0 Å². The molecule has 7 heteroatoms. The van der Waals surface area contributed by atoms with Gasteiger partial charge in [0, 0.05) is 36.2 Å². The molecule has 0 bridgehead atoms. The largest absolute Gasteiger partial charge is 0.387 e. The van der Waals surface area contributed by atoms with Gasteiger partial charge in [0.05, 0.1) is 10.5 Å². The topological polar surface area (TPSA) is 84.3 Å². The smallest absolute Gasteiger partial charge is 0.270 e. The SMILES string of the molecule is CNc1ccc([N+](=O)[O-])cc1C(=O)NC1CCCC1SC. The Morgan fingerprint density at radius 3 is 2.81 bits per heavy atom. The summed E-state index contributed by atoms with van der Waals surface area (Å²) in [7, 11) is 1.69. The van der Waals surface area contributed by atoms with Gasteiger partial charge in [-0.1, -0.05) is 6.42 Å². The number of carbonyl (C=O) groups is 1. The number of benzene rings is 1. The summed E-state index contributed by atoms with van der Waals surface area (Å²) in [6, 6.07) is 4.41. The van der Waals surface area contributed by atoms with Crippen LogP contribution in [0.4, 0.5) is 11.4 Å². The molecule has 0 spiro atoms. The number of nitrogens with one attached hydrogen (secondary N) is 2. The molecule has 0 saturated heterocycles. The van der Waals surface area contributed by atoms with E-state index in [4.69, 9.17) is 0 Å². The zero-order chi connectivity index (χ0) is 15.4. The minimum atomic E-state index is -0.490. The Balaban J connectivity index is 2.21. The van der Waals surface area contributed by atoms with Crippen molar-refractivity contribution >= 4 is 29.0 Å². The van der Waals surface area contributed by atoms with Crippen molar-refractivity contribution in [3.63, 3.8) is 0 Å². The van der Waals surface area contributed by atoms with Gasteiger partial charge in [-0.2, -0.15) is 11.8 Å². The Morgan fingerprint density at radius 2 is 2.19 bits per heavy atom. The minimum absolute atomic E-state index is 0.0769. The van der Waals surface area contributed by atoms with Gasteiger partial charge in [-0.25, -0.2) is 0 Å². The number of hydrogen-bond donors (Lipinski definition) is 2. The van der Waals surface area contributed by atoms with Crippen LogP contribution in [-0.2, 0) is 0 Å². The molecular formula is C14H19N3O3S. The highest BCUT2D eigenvalue weighted by molar-refractivity contribution is 7.99. The molecule has 21 heavy (non-hydrogen) atoms. The first kappa shape index (κ1) is 15.6. The number of nitrogens with zero attached hydrogens (tertiary/aromatic N) is 1. The molecule has 0 aliphatic heterocycles. The molecule has 1 fully saturated rings. The number of thioether (sulfide) groups is 1. The zero-order valence-electron chi connectivity index (χ0n) is 12.1. The lowest BCUT2D eigenvalue weighted by atomic mass is 10.1. The lowest BCUT2D eigenvalue weighted by Gasteiger charge is -2.20. The van der Waals surface area contributed by atoms with E-state index in [1.54, 1.807) is 24.9 Å². The van der Waals surface area contributed by atoms with Crippen LogP contribution in [0.2, 0.25) is 0 Å². The molecule has 0 aromatic heterocycles. The number of anilines is 1. The number of hydrogen-bond acceptors (Lipinski definition) is 5. The fraction of sp³-hybridized carbons (Fsp3) is 0.500. The second-order valence-electron chi connectivity index (χ2n) is 5.02. The van der Waals surface area contributed by atoms with E-state index >= 15 is 0 Å². The Morgan fingerprint density at radius 1 is 1.43 bits per heavy atom. The van der Waals surface area contributed by atoms with Crippen LogP contribution in [-0.4, -0.2) is 35.4 Å². The molecule has 1 saturated carbocycles. The first-order valence-electron chi connectivity index (χ1n) is 6.86. The van der Waals surface area contributed by atoms with Crippen LogP contribution in [0, 0.1) is 10.1 Å². The minimum Gasteiger partial charge on any atom is -0.387 e. The first-order chi connectivity index (χ1) is 10.1. The quantitative estimate of drug-likeness (QED) is 0.645. The lowest BCUT2D eigenvalue weighted by Crippen LogP contribution is -2.38. The van der Waals surface area contributed by atoms with Crippen LogP contribution in [0.1, 0.15) is 29.6 Å². The third kappa shape index (κ3) is 3.47. The number of non-ortho nitro benzene ring substituents is 1. The summed E-state index contributed by atoms with van der Waals surface area (Å²) in [5.74, 6) is -0.256. The number of nitro benzene ring substituents is 1. The Labute approximate surface area is 127 Å². The summed E-state index contributed by atoms with van der Waals surface area (Å²) in [4.78, 5) is 22.8. The Kier molecular flexibility index (Phi) is 5.06. The number of nitro groups is 1. The molecule has 1 aliphatic carbocycles. The molecule has 114 valence electrons. The van der Waals surface area contributed by atoms with Gasteiger partial charge in [0.2, 0.25) is 0 Å². The monoisotopic (exact) mass is 309 g/mol. The predicted molar refractivity (Wildman–Crippen MR) is 85.1 cm³/mol. The van der Waals surface area contributed by atoms with Crippen molar-refractivity contribution in [1.82, 2.24) is 5.32 Å². The molecule has 1 aromatic carbocycles. The van der Waals surface area contributed by atoms with Gasteiger partial charge >= 0.3 is 0 Å². The van der Waals surface area contributed by atoms with Crippen molar-refractivity contribution in [3.8, 4) is 0 Å². The molecular weight excluding hydrogens is 290 g/mol. The highest BCUT2D eigenvalue weighted by atomic mass is 32.2. The first-order valence-corrected chi connectivity index (χ1v) is 8.15. The summed E-state index contributed by atoms with van der Waals surface area (Å²) >= 11 is 1.76. The third-order valence-electron chi connectivity index (χ3n) is 3.80. The maximum atomic E-state index is 12.4. The molecule has 0 radical (unpaired) electrons. The fourth-order valence-corrected chi connectivity index (χ4v) is 3.61. The number of rotatable bonds is 5. The summed E-state index contributed by atoms with van der Waals surface area (Å²) in [6.07, 6.45) is 5.20. The van der Waals surface area contributed by atoms with Gasteiger partial charge in [0.1, 0.15) is 0 Å². The van der Waals surface area contributed by atoms with E-state index in [9.17, 15) is 14.9 Å². The van der Waals surface area contributed by atoms with Crippen LogP contribution >= 0.6 is 11.8 Å². The van der Waals surface area contributed by atoms with Gasteiger partial charge in [-0.15, -0.1) is 0 Å². The van der Waals surface area contributed by atoms with Crippen LogP contribution in [0.15, 0.2) is 18.2 Å². The van der Waals surface area contributed by atoms with Gasteiger partial charge in [-0.3, -0.25) is 14.9 Å². The highest BCUT2D eigenvalue weighted by Crippen LogP contribution is 2.29. The molecule has 6 nitrogen and oxygen atoms in total. The third-order valence-corrected chi connectivity index (χ3v) is 4.97. The molecule has 1 aliphatic rings. The standard InChI is InChI=1S/C14H19N3O3S/c1-15-11-7-6-9(17(19)20)8-10(11)14(18)16-12-4-3-5-13(12)21-2/h6-8,12-13,15H,3-5H2,1-2H3,(H,16,18).